The molecule has 0 heterocycles. The van der Waals surface area contributed by atoms with Gasteiger partial charge in [0.05, 0.1) is 12.2 Å². The molecule has 0 spiro atoms. The number of hydrogen-bond acceptors (Lipinski definition) is 1. The summed E-state index contributed by atoms with van der Waals surface area (Å²) in [6, 6.07) is 4.58. The van der Waals surface area contributed by atoms with Crippen LogP contribution < -0.4 is 4.74 Å². The van der Waals surface area contributed by atoms with E-state index in [2.05, 4.69) is 15.9 Å². The van der Waals surface area contributed by atoms with E-state index < -0.39 is 6.43 Å². The molecule has 0 bridgehead atoms. The van der Waals surface area contributed by atoms with E-state index in [1.165, 1.54) is 12.1 Å². The summed E-state index contributed by atoms with van der Waals surface area (Å²) in [5.74, 6) is 0.251. The summed E-state index contributed by atoms with van der Waals surface area (Å²) in [6.45, 7) is 2.15. The Morgan fingerprint density at radius 3 is 2.69 bits per heavy atom. The second kappa shape index (κ2) is 4.56. The molecule has 0 unspecified atom stereocenters. The quantitative estimate of drug-likeness (QED) is 0.794. The summed E-state index contributed by atoms with van der Waals surface area (Å²) in [6.07, 6.45) is -2.50. The smallest absolute Gasteiger partial charge is 0.267 e. The molecule has 4 heteroatoms. The molecule has 0 saturated carbocycles. The fourth-order valence-electron chi connectivity index (χ4n) is 0.977. The summed E-state index contributed by atoms with van der Waals surface area (Å²) < 4.78 is 30.5. The molecule has 0 N–H and O–H groups in total. The summed E-state index contributed by atoms with van der Waals surface area (Å²) in [7, 11) is 0. The van der Waals surface area contributed by atoms with Crippen LogP contribution in [0.5, 0.6) is 5.75 Å². The maximum atomic E-state index is 12.4. The Kier molecular flexibility index (Phi) is 3.66. The van der Waals surface area contributed by atoms with Crippen molar-refractivity contribution in [3.05, 3.63) is 28.2 Å². The summed E-state index contributed by atoms with van der Waals surface area (Å²) in [4.78, 5) is 0. The third-order valence-electron chi connectivity index (χ3n) is 1.51. The second-order valence-corrected chi connectivity index (χ2v) is 3.33. The first-order valence-corrected chi connectivity index (χ1v) is 4.65. The van der Waals surface area contributed by atoms with E-state index in [9.17, 15) is 8.78 Å². The largest absolute Gasteiger partial charge is 0.493 e. The molecule has 0 fully saturated rings. The third-order valence-corrected chi connectivity index (χ3v) is 2.00. The van der Waals surface area contributed by atoms with Crippen molar-refractivity contribution in [3.8, 4) is 5.75 Å². The van der Waals surface area contributed by atoms with Gasteiger partial charge in [-0.1, -0.05) is 15.9 Å². The lowest BCUT2D eigenvalue weighted by atomic mass is 10.2. The molecular formula is C9H9BrF2O. The van der Waals surface area contributed by atoms with Crippen LogP contribution in [-0.4, -0.2) is 6.61 Å². The molecule has 13 heavy (non-hydrogen) atoms. The zero-order chi connectivity index (χ0) is 9.84. The van der Waals surface area contributed by atoms with Crippen molar-refractivity contribution >= 4 is 15.9 Å². The molecule has 1 nitrogen and oxygen atoms in total. The van der Waals surface area contributed by atoms with Crippen molar-refractivity contribution in [1.29, 1.82) is 0 Å². The zero-order valence-corrected chi connectivity index (χ0v) is 8.64. The lowest BCUT2D eigenvalue weighted by Crippen LogP contribution is -1.96. The number of alkyl halides is 2. The summed E-state index contributed by atoms with van der Waals surface area (Å²) >= 11 is 3.13. The van der Waals surface area contributed by atoms with Crippen LogP contribution in [0.4, 0.5) is 8.78 Å². The highest BCUT2D eigenvalue weighted by molar-refractivity contribution is 9.10. The maximum Gasteiger partial charge on any atom is 0.267 e. The molecule has 0 amide bonds. The van der Waals surface area contributed by atoms with Gasteiger partial charge in [0.25, 0.3) is 6.43 Å². The molecule has 0 atom stereocenters. The highest BCUT2D eigenvalue weighted by atomic mass is 79.9. The van der Waals surface area contributed by atoms with Crippen LogP contribution >= 0.6 is 15.9 Å². The molecule has 1 aromatic carbocycles. The molecule has 0 aliphatic carbocycles. The van der Waals surface area contributed by atoms with Crippen molar-refractivity contribution in [1.82, 2.24) is 0 Å². The number of halogens is 3. The predicted molar refractivity (Wildman–Crippen MR) is 50.3 cm³/mol. The third kappa shape index (κ3) is 2.66. The van der Waals surface area contributed by atoms with Gasteiger partial charge in [-0.15, -0.1) is 0 Å². The van der Waals surface area contributed by atoms with Gasteiger partial charge in [-0.05, 0) is 25.1 Å². The van der Waals surface area contributed by atoms with Crippen molar-refractivity contribution in [2.24, 2.45) is 0 Å². The molecular weight excluding hydrogens is 242 g/mol. The topological polar surface area (TPSA) is 9.23 Å². The van der Waals surface area contributed by atoms with Crippen LogP contribution in [0.1, 0.15) is 18.9 Å². The Labute approximate surface area is 83.8 Å². The Bertz CT molecular complexity index is 289. The number of ether oxygens (including phenoxy) is 1. The van der Waals surface area contributed by atoms with Crippen LogP contribution in [-0.2, 0) is 0 Å². The van der Waals surface area contributed by atoms with Gasteiger partial charge in [0.2, 0.25) is 0 Å². The fraction of sp³-hybridized carbons (Fsp3) is 0.333. The fourth-order valence-corrected chi connectivity index (χ4v) is 1.36. The molecule has 0 aromatic heterocycles. The van der Waals surface area contributed by atoms with E-state index in [0.29, 0.717) is 11.1 Å². The van der Waals surface area contributed by atoms with E-state index in [0.717, 1.165) is 0 Å². The van der Waals surface area contributed by atoms with E-state index >= 15 is 0 Å². The molecule has 0 radical (unpaired) electrons. The molecule has 1 rings (SSSR count). The van der Waals surface area contributed by atoms with Crippen LogP contribution in [0.25, 0.3) is 0 Å². The van der Waals surface area contributed by atoms with Gasteiger partial charge in [-0.25, -0.2) is 8.78 Å². The van der Waals surface area contributed by atoms with Crippen LogP contribution in [0.15, 0.2) is 22.7 Å². The average Bonchev–Trinajstić information content (AvgIpc) is 2.08. The normalized spacial score (nSPS) is 10.5. The predicted octanol–water partition coefficient (Wildman–Crippen LogP) is 3.79. The summed E-state index contributed by atoms with van der Waals surface area (Å²) in [5.41, 5.74) is -0.0729. The van der Waals surface area contributed by atoms with Gasteiger partial charge < -0.3 is 4.74 Å². The van der Waals surface area contributed by atoms with Crippen LogP contribution in [0.2, 0.25) is 0 Å². The van der Waals surface area contributed by atoms with Crippen LogP contribution in [0, 0.1) is 0 Å². The van der Waals surface area contributed by atoms with Gasteiger partial charge in [0.15, 0.2) is 0 Å². The van der Waals surface area contributed by atoms with Crippen molar-refractivity contribution in [3.63, 3.8) is 0 Å². The van der Waals surface area contributed by atoms with Gasteiger partial charge in [0, 0.05) is 4.47 Å². The Balaban J connectivity index is 3.03. The number of hydrogen-bond donors (Lipinski definition) is 0. The number of rotatable bonds is 3. The minimum Gasteiger partial charge on any atom is -0.493 e. The second-order valence-electron chi connectivity index (χ2n) is 2.42. The van der Waals surface area contributed by atoms with E-state index in [-0.39, 0.29) is 11.3 Å². The summed E-state index contributed by atoms with van der Waals surface area (Å²) in [5, 5.41) is 0. The Morgan fingerprint density at radius 1 is 1.46 bits per heavy atom. The zero-order valence-electron chi connectivity index (χ0n) is 7.06. The van der Waals surface area contributed by atoms with Gasteiger partial charge in [-0.2, -0.15) is 0 Å². The van der Waals surface area contributed by atoms with Gasteiger partial charge in [-0.3, -0.25) is 0 Å². The van der Waals surface area contributed by atoms with E-state index in [1.54, 1.807) is 13.0 Å². The lowest BCUT2D eigenvalue weighted by Gasteiger charge is -2.09. The molecule has 1 aromatic rings. The Hall–Kier alpha value is -0.640. The molecule has 0 aliphatic heterocycles. The van der Waals surface area contributed by atoms with Crippen molar-refractivity contribution in [2.45, 2.75) is 13.3 Å². The van der Waals surface area contributed by atoms with Gasteiger partial charge in [0.1, 0.15) is 5.75 Å². The van der Waals surface area contributed by atoms with Crippen LogP contribution in [0.3, 0.4) is 0 Å². The maximum absolute atomic E-state index is 12.4. The van der Waals surface area contributed by atoms with E-state index in [1.807, 2.05) is 0 Å². The highest BCUT2D eigenvalue weighted by Gasteiger charge is 2.13. The Morgan fingerprint density at radius 2 is 2.15 bits per heavy atom. The van der Waals surface area contributed by atoms with E-state index in [4.69, 9.17) is 4.74 Å². The minimum atomic E-state index is -2.50. The average molecular weight is 251 g/mol. The standard InChI is InChI=1S/C9H9BrF2O/c1-2-13-8-4-3-6(10)5-7(8)9(11)12/h3-5,9H,2H2,1H3. The highest BCUT2D eigenvalue weighted by Crippen LogP contribution is 2.31. The first-order valence-electron chi connectivity index (χ1n) is 3.85. The SMILES string of the molecule is CCOc1ccc(Br)cc1C(F)F. The van der Waals surface area contributed by atoms with Crippen molar-refractivity contribution in [2.75, 3.05) is 6.61 Å². The first-order chi connectivity index (χ1) is 6.15. The number of benzene rings is 1. The monoisotopic (exact) mass is 250 g/mol. The minimum absolute atomic E-state index is 0.0729. The lowest BCUT2D eigenvalue weighted by molar-refractivity contribution is 0.145. The first kappa shape index (κ1) is 10.4. The van der Waals surface area contributed by atoms with Crippen molar-refractivity contribution < 1.29 is 13.5 Å². The molecule has 0 aliphatic rings. The van der Waals surface area contributed by atoms with Gasteiger partial charge >= 0.3 is 0 Å². The molecule has 72 valence electrons. The molecule has 0 saturated heterocycles.